The van der Waals surface area contributed by atoms with Gasteiger partial charge in [-0.15, -0.1) is 5.10 Å². The number of nitrogens with one attached hydrogen (secondary N) is 1. The number of phenolic OH excluding ortho intramolecular Hbond substituents is 1. The van der Waals surface area contributed by atoms with E-state index in [1.807, 2.05) is 6.92 Å². The van der Waals surface area contributed by atoms with E-state index in [4.69, 9.17) is 0 Å². The summed E-state index contributed by atoms with van der Waals surface area (Å²) in [5.41, 5.74) is 1.33. The lowest BCUT2D eigenvalue weighted by molar-refractivity contribution is -0.115. The minimum atomic E-state index is -0.284. The lowest BCUT2D eigenvalue weighted by atomic mass is 10.2. The number of rotatable bonds is 3. The molecule has 2 aromatic rings. The average molecular weight is 247 g/mol. The molecule has 1 aromatic carbocycles. The van der Waals surface area contributed by atoms with Crippen molar-refractivity contribution in [3.05, 3.63) is 29.6 Å². The zero-order valence-electron chi connectivity index (χ0n) is 10.1. The molecule has 0 atom stereocenters. The van der Waals surface area contributed by atoms with Gasteiger partial charge in [0.1, 0.15) is 5.75 Å². The molecule has 0 aliphatic rings. The Balaban J connectivity index is 2.08. The number of tetrazole rings is 1. The number of carbonyl (C=O) groups excluding carboxylic acids is 1. The first kappa shape index (κ1) is 12.0. The highest BCUT2D eigenvalue weighted by molar-refractivity contribution is 5.93. The molecule has 2 N–H and O–H groups in total. The van der Waals surface area contributed by atoms with Crippen molar-refractivity contribution in [2.45, 2.75) is 13.3 Å². The fraction of sp³-hybridized carbons (Fsp3) is 0.273. The van der Waals surface area contributed by atoms with Crippen molar-refractivity contribution in [2.75, 3.05) is 5.32 Å². The van der Waals surface area contributed by atoms with Crippen molar-refractivity contribution in [1.29, 1.82) is 0 Å². The van der Waals surface area contributed by atoms with Crippen molar-refractivity contribution in [2.24, 2.45) is 7.05 Å². The molecule has 0 saturated heterocycles. The summed E-state index contributed by atoms with van der Waals surface area (Å²) in [4.78, 5) is 11.8. The predicted octanol–water partition coefficient (Wildman–Crippen LogP) is 0.405. The van der Waals surface area contributed by atoms with E-state index in [9.17, 15) is 9.90 Å². The van der Waals surface area contributed by atoms with Crippen LogP contribution in [0.4, 0.5) is 5.69 Å². The number of hydrogen-bond donors (Lipinski definition) is 2. The lowest BCUT2D eigenvalue weighted by Crippen LogP contribution is -2.17. The van der Waals surface area contributed by atoms with Crippen LogP contribution in [0.2, 0.25) is 0 Å². The Bertz CT molecular complexity index is 579. The fourth-order valence-electron chi connectivity index (χ4n) is 1.49. The van der Waals surface area contributed by atoms with Crippen LogP contribution in [0.15, 0.2) is 18.2 Å². The van der Waals surface area contributed by atoms with Gasteiger partial charge in [-0.05, 0) is 35.0 Å². The minimum Gasteiger partial charge on any atom is -0.506 e. The minimum absolute atomic E-state index is 0.0324. The van der Waals surface area contributed by atoms with Gasteiger partial charge in [0.25, 0.3) is 0 Å². The molecule has 94 valence electrons. The zero-order chi connectivity index (χ0) is 13.1. The highest BCUT2D eigenvalue weighted by Crippen LogP contribution is 2.23. The second kappa shape index (κ2) is 4.82. The van der Waals surface area contributed by atoms with Gasteiger partial charge in [0.15, 0.2) is 5.82 Å². The van der Waals surface area contributed by atoms with Gasteiger partial charge >= 0.3 is 0 Å². The van der Waals surface area contributed by atoms with Crippen molar-refractivity contribution >= 4 is 11.6 Å². The van der Waals surface area contributed by atoms with Gasteiger partial charge in [-0.2, -0.15) is 0 Å². The van der Waals surface area contributed by atoms with Gasteiger partial charge < -0.3 is 10.4 Å². The van der Waals surface area contributed by atoms with Gasteiger partial charge in [0.05, 0.1) is 12.1 Å². The van der Waals surface area contributed by atoms with Crippen molar-refractivity contribution in [3.8, 4) is 5.75 Å². The number of benzene rings is 1. The molecule has 1 amide bonds. The molecule has 0 aliphatic heterocycles. The van der Waals surface area contributed by atoms with Crippen LogP contribution in [0.1, 0.15) is 11.4 Å². The van der Waals surface area contributed by atoms with Crippen LogP contribution in [-0.4, -0.2) is 31.2 Å². The van der Waals surface area contributed by atoms with E-state index in [0.29, 0.717) is 11.5 Å². The summed E-state index contributed by atoms with van der Waals surface area (Å²) < 4.78 is 1.43. The molecule has 0 saturated carbocycles. The summed E-state index contributed by atoms with van der Waals surface area (Å²) in [5.74, 6) is 0.207. The molecular formula is C11H13N5O2. The maximum Gasteiger partial charge on any atom is 0.232 e. The summed E-state index contributed by atoms with van der Waals surface area (Å²) >= 11 is 0. The second-order valence-corrected chi connectivity index (χ2v) is 3.96. The number of aryl methyl sites for hydroxylation is 2. The molecule has 0 radical (unpaired) electrons. The molecular weight excluding hydrogens is 234 g/mol. The third-order valence-electron chi connectivity index (χ3n) is 2.45. The molecule has 2 rings (SSSR count). The van der Waals surface area contributed by atoms with Gasteiger partial charge in [-0.25, -0.2) is 4.68 Å². The fourth-order valence-corrected chi connectivity index (χ4v) is 1.49. The molecule has 0 bridgehead atoms. The van der Waals surface area contributed by atoms with E-state index < -0.39 is 0 Å². The molecule has 0 unspecified atom stereocenters. The van der Waals surface area contributed by atoms with Crippen molar-refractivity contribution in [1.82, 2.24) is 20.2 Å². The summed E-state index contributed by atoms with van der Waals surface area (Å²) in [5, 5.41) is 23.0. The summed E-state index contributed by atoms with van der Waals surface area (Å²) in [6.07, 6.45) is 0.0525. The highest BCUT2D eigenvalue weighted by Gasteiger charge is 2.11. The van der Waals surface area contributed by atoms with E-state index >= 15 is 0 Å². The number of aromatic hydroxyl groups is 1. The van der Waals surface area contributed by atoms with Crippen LogP contribution in [0.25, 0.3) is 0 Å². The number of phenols is 1. The van der Waals surface area contributed by atoms with Crippen LogP contribution in [0.3, 0.4) is 0 Å². The zero-order valence-corrected chi connectivity index (χ0v) is 10.1. The van der Waals surface area contributed by atoms with Crippen LogP contribution >= 0.6 is 0 Å². The Morgan fingerprint density at radius 3 is 2.94 bits per heavy atom. The Kier molecular flexibility index (Phi) is 3.22. The van der Waals surface area contributed by atoms with E-state index in [0.717, 1.165) is 5.56 Å². The topological polar surface area (TPSA) is 92.9 Å². The summed E-state index contributed by atoms with van der Waals surface area (Å²) in [7, 11) is 1.66. The predicted molar refractivity (Wildman–Crippen MR) is 64.0 cm³/mol. The third kappa shape index (κ3) is 2.62. The highest BCUT2D eigenvalue weighted by atomic mass is 16.3. The van der Waals surface area contributed by atoms with Crippen LogP contribution in [0.5, 0.6) is 5.75 Å². The van der Waals surface area contributed by atoms with E-state index in [1.54, 1.807) is 19.2 Å². The Labute approximate surface area is 103 Å². The van der Waals surface area contributed by atoms with Gasteiger partial charge in [-0.1, -0.05) is 6.07 Å². The number of amides is 1. The van der Waals surface area contributed by atoms with Gasteiger partial charge in [0, 0.05) is 7.05 Å². The summed E-state index contributed by atoms with van der Waals surface area (Å²) in [6, 6.07) is 4.99. The molecule has 18 heavy (non-hydrogen) atoms. The molecule has 0 aliphatic carbocycles. The maximum absolute atomic E-state index is 11.8. The molecule has 1 heterocycles. The van der Waals surface area contributed by atoms with Crippen molar-refractivity contribution in [3.63, 3.8) is 0 Å². The summed E-state index contributed by atoms with van der Waals surface area (Å²) in [6.45, 7) is 1.88. The number of carbonyl (C=O) groups is 1. The SMILES string of the molecule is Cc1ccc(O)c(NC(=O)Cc2nnnn2C)c1. The Morgan fingerprint density at radius 2 is 2.28 bits per heavy atom. The van der Waals surface area contributed by atoms with E-state index in [1.165, 1.54) is 10.7 Å². The smallest absolute Gasteiger partial charge is 0.232 e. The van der Waals surface area contributed by atoms with Gasteiger partial charge in [-0.3, -0.25) is 4.79 Å². The number of anilines is 1. The average Bonchev–Trinajstić information content (AvgIpc) is 2.70. The van der Waals surface area contributed by atoms with E-state index in [2.05, 4.69) is 20.8 Å². The first-order valence-corrected chi connectivity index (χ1v) is 5.37. The quantitative estimate of drug-likeness (QED) is 0.766. The monoisotopic (exact) mass is 247 g/mol. The number of nitrogens with zero attached hydrogens (tertiary/aromatic N) is 4. The molecule has 7 nitrogen and oxygen atoms in total. The number of aromatic nitrogens is 4. The standard InChI is InChI=1S/C11H13N5O2/c1-7-3-4-9(17)8(5-7)12-11(18)6-10-13-14-15-16(10)2/h3-5,17H,6H2,1-2H3,(H,12,18). The molecule has 7 heteroatoms. The van der Waals surface area contributed by atoms with Crippen LogP contribution < -0.4 is 5.32 Å². The van der Waals surface area contributed by atoms with Gasteiger partial charge in [0.2, 0.25) is 5.91 Å². The first-order valence-electron chi connectivity index (χ1n) is 5.37. The Hall–Kier alpha value is -2.44. The molecule has 0 fully saturated rings. The van der Waals surface area contributed by atoms with Crippen LogP contribution in [-0.2, 0) is 18.3 Å². The normalized spacial score (nSPS) is 10.3. The van der Waals surface area contributed by atoms with E-state index in [-0.39, 0.29) is 18.1 Å². The third-order valence-corrected chi connectivity index (χ3v) is 2.45. The first-order chi connectivity index (χ1) is 8.56. The largest absolute Gasteiger partial charge is 0.506 e. The molecule has 1 aromatic heterocycles. The second-order valence-electron chi connectivity index (χ2n) is 3.96. The van der Waals surface area contributed by atoms with Crippen molar-refractivity contribution < 1.29 is 9.90 Å². The Morgan fingerprint density at radius 1 is 1.50 bits per heavy atom. The number of hydrogen-bond acceptors (Lipinski definition) is 5. The lowest BCUT2D eigenvalue weighted by Gasteiger charge is -2.07. The van der Waals surface area contributed by atoms with Crippen LogP contribution in [0, 0.1) is 6.92 Å². The molecule has 0 spiro atoms. The maximum atomic E-state index is 11.8.